The Labute approximate surface area is 188 Å². The van der Waals surface area contributed by atoms with Crippen LogP contribution in [0.3, 0.4) is 0 Å². The van der Waals surface area contributed by atoms with E-state index in [9.17, 15) is 9.59 Å². The smallest absolute Gasteiger partial charge is 0.227 e. The fourth-order valence-corrected chi connectivity index (χ4v) is 4.09. The van der Waals surface area contributed by atoms with Gasteiger partial charge in [-0.1, -0.05) is 65.3 Å². The van der Waals surface area contributed by atoms with Crippen molar-refractivity contribution in [2.45, 2.75) is 32.7 Å². The van der Waals surface area contributed by atoms with Crippen LogP contribution >= 0.6 is 0 Å². The van der Waals surface area contributed by atoms with Gasteiger partial charge in [0, 0.05) is 51.2 Å². The Hall–Kier alpha value is -3.41. The third-order valence-corrected chi connectivity index (χ3v) is 5.98. The Balaban J connectivity index is 1.24. The van der Waals surface area contributed by atoms with Crippen molar-refractivity contribution < 1.29 is 14.1 Å². The van der Waals surface area contributed by atoms with Gasteiger partial charge in [-0.2, -0.15) is 0 Å². The van der Waals surface area contributed by atoms with Crippen LogP contribution in [0.4, 0.5) is 0 Å². The maximum atomic E-state index is 12.9. The molecular weight excluding hydrogens is 402 g/mol. The largest absolute Gasteiger partial charge is 0.361 e. The minimum Gasteiger partial charge on any atom is -0.361 e. The number of carbonyl (C=O) groups is 2. The van der Waals surface area contributed by atoms with Crippen molar-refractivity contribution in [1.82, 2.24) is 15.0 Å². The highest BCUT2D eigenvalue weighted by atomic mass is 16.5. The van der Waals surface area contributed by atoms with Gasteiger partial charge in [-0.05, 0) is 18.9 Å². The molecule has 1 unspecified atom stereocenters. The fourth-order valence-electron chi connectivity index (χ4n) is 4.09. The molecule has 0 radical (unpaired) electrons. The minimum absolute atomic E-state index is 0.0345. The summed E-state index contributed by atoms with van der Waals surface area (Å²) in [6, 6.07) is 20.0. The monoisotopic (exact) mass is 431 g/mol. The lowest BCUT2D eigenvalue weighted by Gasteiger charge is -2.21. The summed E-state index contributed by atoms with van der Waals surface area (Å²) in [4.78, 5) is 28.8. The Morgan fingerprint density at radius 1 is 1.16 bits per heavy atom. The van der Waals surface area contributed by atoms with Gasteiger partial charge in [0.05, 0.1) is 5.92 Å². The van der Waals surface area contributed by atoms with Gasteiger partial charge in [0.25, 0.3) is 0 Å². The van der Waals surface area contributed by atoms with Gasteiger partial charge in [-0.15, -0.1) is 0 Å². The molecule has 6 heteroatoms. The molecule has 1 aliphatic rings. The van der Waals surface area contributed by atoms with E-state index in [-0.39, 0.29) is 24.2 Å². The van der Waals surface area contributed by atoms with Crippen molar-refractivity contribution in [3.05, 3.63) is 77.6 Å². The molecule has 4 rings (SSSR count). The number of aromatic nitrogens is 1. The molecule has 0 saturated carbocycles. The average Bonchev–Trinajstić information content (AvgIpc) is 3.42. The first kappa shape index (κ1) is 21.8. The van der Waals surface area contributed by atoms with Crippen LogP contribution in [0.25, 0.3) is 11.3 Å². The topological polar surface area (TPSA) is 66.7 Å². The first-order valence-electron chi connectivity index (χ1n) is 11.1. The summed E-state index contributed by atoms with van der Waals surface area (Å²) in [5.74, 6) is 0.623. The molecule has 0 bridgehead atoms. The van der Waals surface area contributed by atoms with Gasteiger partial charge >= 0.3 is 0 Å². The summed E-state index contributed by atoms with van der Waals surface area (Å²) in [6.45, 7) is 3.70. The number of likely N-dealkylation sites (tertiary alicyclic amines) is 1. The lowest BCUT2D eigenvalue weighted by molar-refractivity contribution is -0.134. The zero-order valence-corrected chi connectivity index (χ0v) is 18.7. The van der Waals surface area contributed by atoms with Crippen LogP contribution in [-0.4, -0.2) is 46.9 Å². The third-order valence-electron chi connectivity index (χ3n) is 5.98. The number of amides is 2. The molecule has 1 saturated heterocycles. The molecule has 0 N–H and O–H groups in total. The van der Waals surface area contributed by atoms with Crippen LogP contribution in [-0.2, 0) is 22.6 Å². The van der Waals surface area contributed by atoms with Gasteiger partial charge in [-0.3, -0.25) is 9.59 Å². The van der Waals surface area contributed by atoms with E-state index in [4.69, 9.17) is 4.52 Å². The molecule has 2 amide bonds. The molecule has 1 fully saturated rings. The third kappa shape index (κ3) is 5.25. The maximum absolute atomic E-state index is 12.9. The van der Waals surface area contributed by atoms with Crippen LogP contribution in [0.2, 0.25) is 0 Å². The molecule has 2 heterocycles. The van der Waals surface area contributed by atoms with Gasteiger partial charge in [0.15, 0.2) is 0 Å². The summed E-state index contributed by atoms with van der Waals surface area (Å²) >= 11 is 0. The number of hydrogen-bond donors (Lipinski definition) is 0. The number of benzene rings is 2. The van der Waals surface area contributed by atoms with Crippen LogP contribution in [0.1, 0.15) is 29.7 Å². The summed E-state index contributed by atoms with van der Waals surface area (Å²) in [7, 11) is 1.81. The molecule has 3 aromatic rings. The van der Waals surface area contributed by atoms with E-state index in [1.807, 2.05) is 74.6 Å². The molecular formula is C26H29N3O3. The highest BCUT2D eigenvalue weighted by molar-refractivity contribution is 5.89. The van der Waals surface area contributed by atoms with Crippen molar-refractivity contribution in [3.8, 4) is 11.3 Å². The van der Waals surface area contributed by atoms with Gasteiger partial charge in [0.1, 0.15) is 11.5 Å². The second kappa shape index (κ2) is 9.81. The molecule has 32 heavy (non-hydrogen) atoms. The van der Waals surface area contributed by atoms with Gasteiger partial charge < -0.3 is 14.3 Å². The second-order valence-corrected chi connectivity index (χ2v) is 8.57. The zero-order chi connectivity index (χ0) is 22.5. The Bertz CT molecular complexity index is 1060. The van der Waals surface area contributed by atoms with Crippen LogP contribution in [0, 0.1) is 12.8 Å². The van der Waals surface area contributed by atoms with E-state index < -0.39 is 0 Å². The Morgan fingerprint density at radius 2 is 1.91 bits per heavy atom. The van der Waals surface area contributed by atoms with Crippen molar-refractivity contribution in [2.75, 3.05) is 20.1 Å². The number of nitrogens with zero attached hydrogens (tertiary/aromatic N) is 3. The summed E-state index contributed by atoms with van der Waals surface area (Å²) in [6.07, 6.45) is 1.78. The normalized spacial score (nSPS) is 15.9. The van der Waals surface area contributed by atoms with Crippen molar-refractivity contribution >= 4 is 11.8 Å². The predicted molar refractivity (Wildman–Crippen MR) is 123 cm³/mol. The highest BCUT2D eigenvalue weighted by Gasteiger charge is 2.35. The molecule has 2 aromatic carbocycles. The first-order valence-corrected chi connectivity index (χ1v) is 11.1. The predicted octanol–water partition coefficient (Wildman–Crippen LogP) is 4.09. The van der Waals surface area contributed by atoms with E-state index in [1.165, 1.54) is 5.56 Å². The van der Waals surface area contributed by atoms with Crippen LogP contribution in [0.15, 0.2) is 65.2 Å². The number of aryl methyl sites for hydroxylation is 2. The quantitative estimate of drug-likeness (QED) is 0.539. The first-order chi connectivity index (χ1) is 15.5. The number of carbonyl (C=O) groups excluding carboxylic acids is 2. The van der Waals surface area contributed by atoms with E-state index in [0.717, 1.165) is 29.0 Å². The number of hydrogen-bond acceptors (Lipinski definition) is 4. The van der Waals surface area contributed by atoms with E-state index in [2.05, 4.69) is 5.16 Å². The highest BCUT2D eigenvalue weighted by Crippen LogP contribution is 2.23. The Kier molecular flexibility index (Phi) is 6.69. The lowest BCUT2D eigenvalue weighted by atomic mass is 10.1. The SMILES string of the molecule is Cc1ccc(CN2CC(C(=O)N(C)CCCc3cc(-c4ccccc4)no3)CC2=O)cc1. The molecule has 166 valence electrons. The van der Waals surface area contributed by atoms with Crippen LogP contribution < -0.4 is 0 Å². The van der Waals surface area contributed by atoms with E-state index in [1.54, 1.807) is 9.80 Å². The standard InChI is InChI=1S/C26H29N3O3/c1-19-10-12-20(13-11-19)17-29-18-22(15-25(29)30)26(31)28(2)14-6-9-23-16-24(27-32-23)21-7-4-3-5-8-21/h3-5,7-8,10-13,16,22H,6,9,14-15,17-18H2,1-2H3. The minimum atomic E-state index is -0.270. The maximum Gasteiger partial charge on any atom is 0.227 e. The molecule has 0 aliphatic carbocycles. The van der Waals surface area contributed by atoms with Crippen LogP contribution in [0.5, 0.6) is 0 Å². The second-order valence-electron chi connectivity index (χ2n) is 8.57. The van der Waals surface area contributed by atoms with Gasteiger partial charge in [0.2, 0.25) is 11.8 Å². The van der Waals surface area contributed by atoms with Gasteiger partial charge in [-0.25, -0.2) is 0 Å². The molecule has 1 aliphatic heterocycles. The summed E-state index contributed by atoms with van der Waals surface area (Å²) in [5, 5.41) is 4.14. The fraction of sp³-hybridized carbons (Fsp3) is 0.346. The van der Waals surface area contributed by atoms with Crippen molar-refractivity contribution in [1.29, 1.82) is 0 Å². The molecule has 1 aromatic heterocycles. The number of rotatable bonds is 8. The zero-order valence-electron chi connectivity index (χ0n) is 18.7. The Morgan fingerprint density at radius 3 is 2.66 bits per heavy atom. The summed E-state index contributed by atoms with van der Waals surface area (Å²) in [5.41, 5.74) is 4.13. The van der Waals surface area contributed by atoms with E-state index >= 15 is 0 Å². The molecule has 0 spiro atoms. The summed E-state index contributed by atoms with van der Waals surface area (Å²) < 4.78 is 5.45. The van der Waals surface area contributed by atoms with E-state index in [0.29, 0.717) is 26.1 Å². The molecule has 1 atom stereocenters. The van der Waals surface area contributed by atoms with Crippen molar-refractivity contribution in [2.24, 2.45) is 5.92 Å². The molecule has 6 nitrogen and oxygen atoms in total. The lowest BCUT2D eigenvalue weighted by Crippen LogP contribution is -2.35. The van der Waals surface area contributed by atoms with Crippen molar-refractivity contribution in [3.63, 3.8) is 0 Å². The average molecular weight is 432 g/mol.